The SMILES string of the molecule is COCC(NN)c1cc(C)cc(Cl)c1. The number of ether oxygens (including phenoxy) is 1. The molecule has 0 saturated heterocycles. The van der Waals surface area contributed by atoms with Gasteiger partial charge in [-0.1, -0.05) is 17.7 Å². The quantitative estimate of drug-likeness (QED) is 0.594. The second-order valence-corrected chi connectivity index (χ2v) is 3.67. The van der Waals surface area contributed by atoms with Crippen LogP contribution in [-0.2, 0) is 4.74 Å². The van der Waals surface area contributed by atoms with Crippen LogP contribution < -0.4 is 11.3 Å². The Labute approximate surface area is 89.2 Å². The first-order valence-electron chi connectivity index (χ1n) is 4.39. The van der Waals surface area contributed by atoms with Crippen LogP contribution in [0, 0.1) is 6.92 Å². The first kappa shape index (κ1) is 11.5. The number of nitrogens with one attached hydrogen (secondary N) is 1. The van der Waals surface area contributed by atoms with Crippen molar-refractivity contribution in [1.82, 2.24) is 5.43 Å². The van der Waals surface area contributed by atoms with Crippen molar-refractivity contribution < 1.29 is 4.74 Å². The van der Waals surface area contributed by atoms with Crippen molar-refractivity contribution in [3.63, 3.8) is 0 Å². The zero-order valence-corrected chi connectivity index (χ0v) is 9.14. The minimum atomic E-state index is -0.0163. The Morgan fingerprint density at radius 1 is 1.50 bits per heavy atom. The maximum Gasteiger partial charge on any atom is 0.0694 e. The van der Waals surface area contributed by atoms with Gasteiger partial charge in [0.25, 0.3) is 0 Å². The van der Waals surface area contributed by atoms with Crippen LogP contribution in [0.1, 0.15) is 17.2 Å². The topological polar surface area (TPSA) is 47.3 Å². The number of aryl methyl sites for hydroxylation is 1. The molecule has 0 heterocycles. The van der Waals surface area contributed by atoms with Crippen molar-refractivity contribution in [2.24, 2.45) is 5.84 Å². The highest BCUT2D eigenvalue weighted by atomic mass is 35.5. The standard InChI is InChI=1S/C10H15ClN2O/c1-7-3-8(5-9(11)4-7)10(13-12)6-14-2/h3-5,10,13H,6,12H2,1-2H3. The van der Waals surface area contributed by atoms with Crippen LogP contribution >= 0.6 is 11.6 Å². The summed E-state index contributed by atoms with van der Waals surface area (Å²) in [6.07, 6.45) is 0. The lowest BCUT2D eigenvalue weighted by atomic mass is 10.1. The minimum Gasteiger partial charge on any atom is -0.383 e. The Balaban J connectivity index is 2.91. The van der Waals surface area contributed by atoms with Gasteiger partial charge in [0, 0.05) is 12.1 Å². The molecular formula is C10H15ClN2O. The second kappa shape index (κ2) is 5.32. The summed E-state index contributed by atoms with van der Waals surface area (Å²) in [6.45, 7) is 2.52. The number of nitrogens with two attached hydrogens (primary N) is 1. The number of hydrazine groups is 1. The first-order valence-corrected chi connectivity index (χ1v) is 4.77. The van der Waals surface area contributed by atoms with E-state index in [2.05, 4.69) is 5.43 Å². The fourth-order valence-corrected chi connectivity index (χ4v) is 1.67. The van der Waals surface area contributed by atoms with Crippen molar-refractivity contribution in [1.29, 1.82) is 0 Å². The molecule has 0 aliphatic carbocycles. The molecule has 1 unspecified atom stereocenters. The molecule has 0 fully saturated rings. The van der Waals surface area contributed by atoms with Gasteiger partial charge in [-0.2, -0.15) is 0 Å². The van der Waals surface area contributed by atoms with E-state index in [1.54, 1.807) is 7.11 Å². The van der Waals surface area contributed by atoms with Gasteiger partial charge in [-0.05, 0) is 30.2 Å². The lowest BCUT2D eigenvalue weighted by Gasteiger charge is -2.16. The van der Waals surface area contributed by atoms with Gasteiger partial charge in [-0.3, -0.25) is 11.3 Å². The molecule has 1 atom stereocenters. The maximum atomic E-state index is 5.94. The molecule has 0 amide bonds. The summed E-state index contributed by atoms with van der Waals surface area (Å²) in [6, 6.07) is 5.82. The highest BCUT2D eigenvalue weighted by molar-refractivity contribution is 6.30. The molecular weight excluding hydrogens is 200 g/mol. The summed E-state index contributed by atoms with van der Waals surface area (Å²) in [5, 5.41) is 0.719. The molecule has 0 spiro atoms. The Morgan fingerprint density at radius 2 is 2.21 bits per heavy atom. The lowest BCUT2D eigenvalue weighted by Crippen LogP contribution is -2.31. The normalized spacial score (nSPS) is 12.9. The summed E-state index contributed by atoms with van der Waals surface area (Å²) in [5.74, 6) is 5.42. The van der Waals surface area contributed by atoms with Gasteiger partial charge in [0.15, 0.2) is 0 Å². The van der Waals surface area contributed by atoms with E-state index in [9.17, 15) is 0 Å². The third-order valence-corrected chi connectivity index (χ3v) is 2.22. The molecule has 0 aromatic heterocycles. The van der Waals surface area contributed by atoms with Gasteiger partial charge < -0.3 is 4.74 Å². The number of halogens is 1. The predicted molar refractivity (Wildman–Crippen MR) is 58.1 cm³/mol. The van der Waals surface area contributed by atoms with Crippen LogP contribution in [0.15, 0.2) is 18.2 Å². The van der Waals surface area contributed by atoms with Gasteiger partial charge >= 0.3 is 0 Å². The maximum absolute atomic E-state index is 5.94. The predicted octanol–water partition coefficient (Wildman–Crippen LogP) is 1.80. The number of hydrogen-bond acceptors (Lipinski definition) is 3. The van der Waals surface area contributed by atoms with Crippen molar-refractivity contribution in [2.75, 3.05) is 13.7 Å². The summed E-state index contributed by atoms with van der Waals surface area (Å²) in [7, 11) is 1.64. The third kappa shape index (κ3) is 2.96. The summed E-state index contributed by atoms with van der Waals surface area (Å²) >= 11 is 5.94. The van der Waals surface area contributed by atoms with Gasteiger partial charge in [-0.25, -0.2) is 0 Å². The van der Waals surface area contributed by atoms with E-state index in [4.69, 9.17) is 22.2 Å². The van der Waals surface area contributed by atoms with E-state index in [0.717, 1.165) is 16.1 Å². The first-order chi connectivity index (χ1) is 6.67. The molecule has 0 bridgehead atoms. The molecule has 3 nitrogen and oxygen atoms in total. The van der Waals surface area contributed by atoms with Crippen LogP contribution in [-0.4, -0.2) is 13.7 Å². The van der Waals surface area contributed by atoms with Gasteiger partial charge in [-0.15, -0.1) is 0 Å². The Bertz CT molecular complexity index is 284. The third-order valence-electron chi connectivity index (χ3n) is 2.00. The van der Waals surface area contributed by atoms with Crippen molar-refractivity contribution in [3.8, 4) is 0 Å². The number of methoxy groups -OCH3 is 1. The summed E-state index contributed by atoms with van der Waals surface area (Å²) in [5.41, 5.74) is 4.85. The molecule has 14 heavy (non-hydrogen) atoms. The minimum absolute atomic E-state index is 0.0163. The highest BCUT2D eigenvalue weighted by Crippen LogP contribution is 2.19. The van der Waals surface area contributed by atoms with Gasteiger partial charge in [0.1, 0.15) is 0 Å². The van der Waals surface area contributed by atoms with Gasteiger partial charge in [0.2, 0.25) is 0 Å². The lowest BCUT2D eigenvalue weighted by molar-refractivity contribution is 0.167. The number of benzene rings is 1. The molecule has 4 heteroatoms. The van der Waals surface area contributed by atoms with E-state index in [1.165, 1.54) is 0 Å². The van der Waals surface area contributed by atoms with Crippen LogP contribution in [0.2, 0.25) is 5.02 Å². The van der Waals surface area contributed by atoms with Crippen molar-refractivity contribution in [2.45, 2.75) is 13.0 Å². The average molecular weight is 215 g/mol. The summed E-state index contributed by atoms with van der Waals surface area (Å²) < 4.78 is 5.04. The van der Waals surface area contributed by atoms with Crippen LogP contribution in [0.25, 0.3) is 0 Å². The molecule has 0 radical (unpaired) electrons. The smallest absolute Gasteiger partial charge is 0.0694 e. The number of hydrogen-bond donors (Lipinski definition) is 2. The molecule has 1 aromatic rings. The highest BCUT2D eigenvalue weighted by Gasteiger charge is 2.09. The second-order valence-electron chi connectivity index (χ2n) is 3.24. The Morgan fingerprint density at radius 3 is 2.71 bits per heavy atom. The molecule has 0 saturated carbocycles. The van der Waals surface area contributed by atoms with Crippen LogP contribution in [0.4, 0.5) is 0 Å². The van der Waals surface area contributed by atoms with E-state index < -0.39 is 0 Å². The molecule has 3 N–H and O–H groups in total. The van der Waals surface area contributed by atoms with E-state index >= 15 is 0 Å². The molecule has 1 rings (SSSR count). The molecule has 0 aliphatic heterocycles. The number of rotatable bonds is 4. The average Bonchev–Trinajstić information content (AvgIpc) is 2.12. The van der Waals surface area contributed by atoms with Crippen molar-refractivity contribution in [3.05, 3.63) is 34.3 Å². The molecule has 78 valence electrons. The van der Waals surface area contributed by atoms with Crippen LogP contribution in [0.5, 0.6) is 0 Å². The van der Waals surface area contributed by atoms with E-state index in [-0.39, 0.29) is 6.04 Å². The largest absolute Gasteiger partial charge is 0.383 e. The Kier molecular flexibility index (Phi) is 4.35. The fraction of sp³-hybridized carbons (Fsp3) is 0.400. The zero-order valence-electron chi connectivity index (χ0n) is 8.38. The fourth-order valence-electron chi connectivity index (χ4n) is 1.37. The van der Waals surface area contributed by atoms with E-state index in [0.29, 0.717) is 6.61 Å². The van der Waals surface area contributed by atoms with Crippen molar-refractivity contribution >= 4 is 11.6 Å². The monoisotopic (exact) mass is 214 g/mol. The molecule has 0 aliphatic rings. The Hall–Kier alpha value is -0.610. The van der Waals surface area contributed by atoms with E-state index in [1.807, 2.05) is 25.1 Å². The summed E-state index contributed by atoms with van der Waals surface area (Å²) in [4.78, 5) is 0. The van der Waals surface area contributed by atoms with Gasteiger partial charge in [0.05, 0.1) is 12.6 Å². The van der Waals surface area contributed by atoms with Crippen LogP contribution in [0.3, 0.4) is 0 Å². The zero-order chi connectivity index (χ0) is 10.6. The molecule has 1 aromatic carbocycles.